The normalized spacial score (nSPS) is 12.6. The molecule has 0 fully saturated rings. The zero-order chi connectivity index (χ0) is 42.2. The van der Waals surface area contributed by atoms with Gasteiger partial charge in [0.2, 0.25) is 23.6 Å². The number of likely N-dealkylation sites (N-methyl/N-ethyl adjacent to an activating group) is 1. The Morgan fingerprint density at radius 1 is 0.727 bits per heavy atom. The predicted octanol–water partition coefficient (Wildman–Crippen LogP) is -5.09. The minimum atomic E-state index is -1.71. The summed E-state index contributed by atoms with van der Waals surface area (Å²) in [5.41, 5.74) is 10.5. The molecule has 4 amide bonds. The van der Waals surface area contributed by atoms with E-state index in [2.05, 4.69) is 31.6 Å². The number of ketones is 1. The Morgan fingerprint density at radius 3 is 1.93 bits per heavy atom. The van der Waals surface area contributed by atoms with Crippen molar-refractivity contribution in [3.63, 3.8) is 0 Å². The summed E-state index contributed by atoms with van der Waals surface area (Å²) in [7, 11) is 3.40. The summed E-state index contributed by atoms with van der Waals surface area (Å²) in [5, 5.41) is 49.9. The Bertz CT molecular complexity index is 1230. The van der Waals surface area contributed by atoms with Crippen LogP contribution in [0.25, 0.3) is 0 Å². The first-order valence-corrected chi connectivity index (χ1v) is 17.5. The molecule has 0 aliphatic rings. The van der Waals surface area contributed by atoms with E-state index < -0.39 is 85.2 Å². The van der Waals surface area contributed by atoms with Gasteiger partial charge < -0.3 is 73.3 Å². The van der Waals surface area contributed by atoms with Crippen molar-refractivity contribution in [2.75, 3.05) is 73.3 Å². The summed E-state index contributed by atoms with van der Waals surface area (Å²) in [6.07, 6.45) is 2.11. The number of esters is 1. The van der Waals surface area contributed by atoms with Crippen molar-refractivity contribution in [3.8, 4) is 0 Å². The number of aliphatic carboxylic acids is 2. The lowest BCUT2D eigenvalue weighted by Gasteiger charge is -2.20. The summed E-state index contributed by atoms with van der Waals surface area (Å²) < 4.78 is 10.3. The lowest BCUT2D eigenvalue weighted by Crippen LogP contribution is -2.55. The van der Waals surface area contributed by atoms with Gasteiger partial charge in [0.05, 0.1) is 32.7 Å². The maximum atomic E-state index is 12.5. The van der Waals surface area contributed by atoms with Crippen LogP contribution in [-0.4, -0.2) is 165 Å². The Morgan fingerprint density at radius 2 is 1.38 bits per heavy atom. The molecule has 0 aromatic heterocycles. The summed E-state index contributed by atoms with van der Waals surface area (Å²) in [6.45, 7) is 1.94. The van der Waals surface area contributed by atoms with E-state index in [1.807, 2.05) is 12.4 Å². The molecule has 0 aliphatic carbocycles. The number of nitrogens with one attached hydrogen (secondary N) is 6. The Labute approximate surface area is 319 Å². The number of amides is 4. The predicted molar refractivity (Wildman–Crippen MR) is 195 cm³/mol. The van der Waals surface area contributed by atoms with Crippen LogP contribution in [0.3, 0.4) is 0 Å². The number of rotatable bonds is 30. The molecule has 23 heteroatoms. The first-order chi connectivity index (χ1) is 26.0. The number of guanidine groups is 1. The van der Waals surface area contributed by atoms with E-state index in [0.29, 0.717) is 38.9 Å². The molecule has 4 atom stereocenters. The number of carboxylic acid groups (broad SMARTS) is 2. The van der Waals surface area contributed by atoms with E-state index in [0.717, 1.165) is 13.0 Å². The Kier molecular flexibility index (Phi) is 30.8. The molecule has 0 aromatic carbocycles. The smallest absolute Gasteiger partial charge is 0.328 e. The quantitative estimate of drug-likeness (QED) is 0.0106. The van der Waals surface area contributed by atoms with Crippen LogP contribution in [0, 0.1) is 5.92 Å². The van der Waals surface area contributed by atoms with Crippen molar-refractivity contribution in [2.45, 2.75) is 70.0 Å². The first kappa shape index (κ1) is 52.1. The van der Waals surface area contributed by atoms with E-state index in [1.54, 1.807) is 0 Å². The summed E-state index contributed by atoms with van der Waals surface area (Å²) in [6, 6.07) is -4.44. The highest BCUT2D eigenvalue weighted by molar-refractivity contribution is 5.97. The van der Waals surface area contributed by atoms with E-state index in [1.165, 1.54) is 14.0 Å². The summed E-state index contributed by atoms with van der Waals surface area (Å²) >= 11 is 0. The molecule has 14 N–H and O–H groups in total. The highest BCUT2D eigenvalue weighted by Gasteiger charge is 2.29. The van der Waals surface area contributed by atoms with Gasteiger partial charge in [-0.1, -0.05) is 0 Å². The number of aliphatic hydroxyl groups excluding tert-OH is 2. The average Bonchev–Trinajstić information content (AvgIpc) is 3.11. The lowest BCUT2D eigenvalue weighted by atomic mass is 9.98. The van der Waals surface area contributed by atoms with Gasteiger partial charge in [-0.25, -0.2) is 4.79 Å². The second-order valence-corrected chi connectivity index (χ2v) is 11.7. The first-order valence-electron chi connectivity index (χ1n) is 17.5. The van der Waals surface area contributed by atoms with Crippen LogP contribution in [0.15, 0.2) is 4.99 Å². The number of ether oxygens (including phenoxy) is 2. The van der Waals surface area contributed by atoms with E-state index >= 15 is 0 Å². The number of hydrogen-bond acceptors (Lipinski definition) is 15. The van der Waals surface area contributed by atoms with Gasteiger partial charge in [0.1, 0.15) is 36.4 Å². The molecule has 4 unspecified atom stereocenters. The van der Waals surface area contributed by atoms with Crippen molar-refractivity contribution in [2.24, 2.45) is 22.4 Å². The maximum absolute atomic E-state index is 12.5. The highest BCUT2D eigenvalue weighted by atomic mass is 16.6. The van der Waals surface area contributed by atoms with Gasteiger partial charge >= 0.3 is 17.9 Å². The van der Waals surface area contributed by atoms with Gasteiger partial charge in [-0.2, -0.15) is 0 Å². The molecule has 0 heterocycles. The molecule has 316 valence electrons. The maximum Gasteiger partial charge on any atom is 0.328 e. The van der Waals surface area contributed by atoms with Crippen LogP contribution in [0.5, 0.6) is 0 Å². The molecule has 0 spiro atoms. The zero-order valence-corrected chi connectivity index (χ0v) is 31.6. The van der Waals surface area contributed by atoms with Crippen LogP contribution in [0.4, 0.5) is 0 Å². The van der Waals surface area contributed by atoms with Gasteiger partial charge in [-0.05, 0) is 66.1 Å². The van der Waals surface area contributed by atoms with Crippen LogP contribution >= 0.6 is 0 Å². The third kappa shape index (κ3) is 28.2. The van der Waals surface area contributed by atoms with Crippen LogP contribution in [0.2, 0.25) is 0 Å². The second kappa shape index (κ2) is 32.5. The number of nitrogens with zero attached hydrogens (tertiary/aromatic N) is 1. The molecule has 23 nitrogen and oxygen atoms in total. The highest BCUT2D eigenvalue weighted by Crippen LogP contribution is 2.12. The topological polar surface area (TPSA) is 373 Å². The average molecular weight is 794 g/mol. The van der Waals surface area contributed by atoms with Gasteiger partial charge in [0.15, 0.2) is 5.96 Å². The zero-order valence-electron chi connectivity index (χ0n) is 31.6. The Balaban J connectivity index is 0. The largest absolute Gasteiger partial charge is 0.481 e. The molecule has 0 saturated heterocycles. The van der Waals surface area contributed by atoms with E-state index in [4.69, 9.17) is 41.4 Å². The fourth-order valence-corrected chi connectivity index (χ4v) is 4.26. The van der Waals surface area contributed by atoms with Crippen LogP contribution in [-0.2, 0) is 47.8 Å². The third-order valence-electron chi connectivity index (χ3n) is 7.05. The standard InChI is InChI=1S/C18H32N8O9.C14H27NO5/c1-21-6-12(28)24-9(3-2-4-22-18(19)20)15(32)23-7-13(29)25-10(5-14(30)31)16(33)26-11(8-27)17(34)35;1-12(17)13(6-3-4-8-16)14(18)20-11-10-19-9-5-7-15-2/h9-11,21,27H,2-8H2,1H3,(H,23,32)(H,24,28)(H,25,29)(H,26,33)(H,30,31)(H,34,35)(H4,19,20,22);13,15-16H,3-11H2,1-2H3. The number of carbonyl (C=O) groups is 8. The summed E-state index contributed by atoms with van der Waals surface area (Å²) in [4.78, 5) is 97.6. The number of carboxylic acids is 2. The second-order valence-electron chi connectivity index (χ2n) is 11.7. The monoisotopic (exact) mass is 793 g/mol. The van der Waals surface area contributed by atoms with Gasteiger partial charge in [-0.3, -0.25) is 38.6 Å². The number of hydrogen-bond donors (Lipinski definition) is 12. The molecule has 0 aromatic rings. The number of carbonyl (C=O) groups excluding carboxylic acids is 6. The minimum Gasteiger partial charge on any atom is -0.481 e. The van der Waals surface area contributed by atoms with Crippen molar-refractivity contribution >= 4 is 53.3 Å². The molecule has 0 saturated carbocycles. The van der Waals surface area contributed by atoms with E-state index in [9.17, 15) is 38.4 Å². The van der Waals surface area contributed by atoms with Gasteiger partial charge in [-0.15, -0.1) is 0 Å². The number of aliphatic hydroxyl groups is 2. The van der Waals surface area contributed by atoms with Crippen molar-refractivity contribution in [1.29, 1.82) is 0 Å². The number of nitrogens with two attached hydrogens (primary N) is 2. The fourth-order valence-electron chi connectivity index (χ4n) is 4.26. The SMILES string of the molecule is CNCC(=O)NC(CCCN=C(N)N)C(=O)NCC(=O)NC(CC(=O)O)C(=O)NC(CO)C(=O)O.CNCCCOCCOC(=O)C(CCCCO)C(C)=O. The molecular formula is C32H59N9O14. The van der Waals surface area contributed by atoms with Crippen molar-refractivity contribution in [1.82, 2.24) is 31.9 Å². The number of aliphatic imine (C=N–C) groups is 1. The molecular weight excluding hydrogens is 734 g/mol. The van der Waals surface area contributed by atoms with E-state index in [-0.39, 0.29) is 44.5 Å². The van der Waals surface area contributed by atoms with Crippen molar-refractivity contribution < 1.29 is 68.3 Å². The van der Waals surface area contributed by atoms with Crippen molar-refractivity contribution in [3.05, 3.63) is 0 Å². The van der Waals surface area contributed by atoms with Gasteiger partial charge in [0.25, 0.3) is 0 Å². The molecule has 0 bridgehead atoms. The minimum absolute atomic E-state index is 0.0696. The lowest BCUT2D eigenvalue weighted by molar-refractivity contribution is -0.153. The Hall–Kier alpha value is -4.97. The molecule has 0 aliphatic heterocycles. The van der Waals surface area contributed by atoms with Gasteiger partial charge in [0, 0.05) is 19.8 Å². The third-order valence-corrected chi connectivity index (χ3v) is 7.05. The van der Waals surface area contributed by atoms with Crippen LogP contribution < -0.4 is 43.4 Å². The number of Topliss-reactive ketones (excluding diaryl/α,β-unsaturated/α-hetero) is 1. The number of unbranched alkanes of at least 4 members (excludes halogenated alkanes) is 1. The van der Waals surface area contributed by atoms with Crippen LogP contribution in [0.1, 0.15) is 51.9 Å². The summed E-state index contributed by atoms with van der Waals surface area (Å²) in [5.74, 6) is -7.94. The molecule has 55 heavy (non-hydrogen) atoms. The molecule has 0 rings (SSSR count). The molecule has 0 radical (unpaired) electrons. The fraction of sp³-hybridized carbons (Fsp3) is 0.719.